The lowest BCUT2D eigenvalue weighted by molar-refractivity contribution is -0.143. The van der Waals surface area contributed by atoms with Gasteiger partial charge < -0.3 is 10.0 Å². The summed E-state index contributed by atoms with van der Waals surface area (Å²) in [5, 5.41) is 8.81. The van der Waals surface area contributed by atoms with Crippen molar-refractivity contribution >= 4 is 11.9 Å². The molecule has 0 aromatic heterocycles. The number of likely N-dealkylation sites (tertiary alicyclic amines) is 1. The second-order valence-corrected chi connectivity index (χ2v) is 7.51. The predicted molar refractivity (Wildman–Crippen MR) is 81.9 cm³/mol. The lowest BCUT2D eigenvalue weighted by Gasteiger charge is -2.42. The largest absolute Gasteiger partial charge is 0.481 e. The van der Waals surface area contributed by atoms with Gasteiger partial charge in [0.1, 0.15) is 0 Å². The van der Waals surface area contributed by atoms with Gasteiger partial charge in [-0.05, 0) is 43.4 Å². The Morgan fingerprint density at radius 2 is 1.95 bits per heavy atom. The minimum Gasteiger partial charge on any atom is -0.481 e. The number of amides is 1. The molecule has 1 saturated heterocycles. The molecule has 0 aromatic rings. The Morgan fingerprint density at radius 3 is 2.62 bits per heavy atom. The molecule has 2 rings (SSSR count). The molecule has 4 nitrogen and oxygen atoms in total. The number of piperidine rings is 1. The van der Waals surface area contributed by atoms with E-state index < -0.39 is 5.97 Å². The fraction of sp³-hybridized carbons (Fsp3) is 0.882. The van der Waals surface area contributed by atoms with E-state index in [9.17, 15) is 9.59 Å². The van der Waals surface area contributed by atoms with Gasteiger partial charge in [0.25, 0.3) is 0 Å². The molecule has 2 aliphatic rings. The second kappa shape index (κ2) is 6.80. The van der Waals surface area contributed by atoms with E-state index in [0.29, 0.717) is 18.2 Å². The van der Waals surface area contributed by atoms with Crippen LogP contribution in [0.4, 0.5) is 0 Å². The molecule has 4 heteroatoms. The molecule has 0 aromatic carbocycles. The van der Waals surface area contributed by atoms with Crippen LogP contribution in [0.25, 0.3) is 0 Å². The summed E-state index contributed by atoms with van der Waals surface area (Å²) >= 11 is 0. The first-order chi connectivity index (χ1) is 9.90. The quantitative estimate of drug-likeness (QED) is 0.865. The lowest BCUT2D eigenvalue weighted by atomic mass is 9.68. The number of carbonyl (C=O) groups excluding carboxylic acids is 1. The molecular formula is C17H29NO3. The number of nitrogens with zero attached hydrogens (tertiary/aromatic N) is 1. The van der Waals surface area contributed by atoms with Crippen molar-refractivity contribution < 1.29 is 14.7 Å². The highest BCUT2D eigenvalue weighted by Crippen LogP contribution is 2.42. The van der Waals surface area contributed by atoms with Crippen LogP contribution < -0.4 is 0 Å². The molecule has 1 amide bonds. The van der Waals surface area contributed by atoms with Crippen LogP contribution in [0.15, 0.2) is 0 Å². The minimum absolute atomic E-state index is 0.114. The van der Waals surface area contributed by atoms with Gasteiger partial charge in [-0.15, -0.1) is 0 Å². The standard InChI is InChI=1S/C17H29NO3/c1-17(2)10-4-3-7-14(17)16(21)18-11-5-6-13(12-18)8-9-15(19)20/h13-14H,3-12H2,1-2H3,(H,19,20). The summed E-state index contributed by atoms with van der Waals surface area (Å²) in [7, 11) is 0. The average Bonchev–Trinajstić information content (AvgIpc) is 2.44. The highest BCUT2D eigenvalue weighted by Gasteiger charge is 2.40. The van der Waals surface area contributed by atoms with Gasteiger partial charge in [-0.3, -0.25) is 9.59 Å². The maximum absolute atomic E-state index is 12.9. The number of hydrogen-bond donors (Lipinski definition) is 1. The van der Waals surface area contributed by atoms with Crippen LogP contribution in [0.3, 0.4) is 0 Å². The van der Waals surface area contributed by atoms with Gasteiger partial charge in [0.2, 0.25) is 5.91 Å². The summed E-state index contributed by atoms with van der Waals surface area (Å²) in [6.07, 6.45) is 7.55. The molecule has 1 aliphatic carbocycles. The predicted octanol–water partition coefficient (Wildman–Crippen LogP) is 3.31. The van der Waals surface area contributed by atoms with Gasteiger partial charge in [-0.1, -0.05) is 26.7 Å². The third-order valence-corrected chi connectivity index (χ3v) is 5.40. The van der Waals surface area contributed by atoms with E-state index in [1.54, 1.807) is 0 Å². The summed E-state index contributed by atoms with van der Waals surface area (Å²) < 4.78 is 0. The summed E-state index contributed by atoms with van der Waals surface area (Å²) in [6, 6.07) is 0. The Kier molecular flexibility index (Phi) is 5.28. The Bertz CT molecular complexity index is 391. The number of rotatable bonds is 4. The zero-order valence-electron chi connectivity index (χ0n) is 13.4. The van der Waals surface area contributed by atoms with E-state index in [4.69, 9.17) is 5.11 Å². The number of carbonyl (C=O) groups is 2. The van der Waals surface area contributed by atoms with E-state index in [-0.39, 0.29) is 17.8 Å². The number of hydrogen-bond acceptors (Lipinski definition) is 2. The molecule has 120 valence electrons. The molecule has 2 atom stereocenters. The normalized spacial score (nSPS) is 29.1. The molecule has 0 radical (unpaired) electrons. The van der Waals surface area contributed by atoms with Crippen LogP contribution >= 0.6 is 0 Å². The highest BCUT2D eigenvalue weighted by molar-refractivity contribution is 5.80. The molecule has 21 heavy (non-hydrogen) atoms. The topological polar surface area (TPSA) is 57.6 Å². The highest BCUT2D eigenvalue weighted by atomic mass is 16.4. The van der Waals surface area contributed by atoms with Gasteiger partial charge in [-0.25, -0.2) is 0 Å². The fourth-order valence-electron chi connectivity index (χ4n) is 4.00. The lowest BCUT2D eigenvalue weighted by Crippen LogP contribution is -2.47. The number of aliphatic carboxylic acids is 1. The van der Waals surface area contributed by atoms with E-state index in [2.05, 4.69) is 13.8 Å². The molecular weight excluding hydrogens is 266 g/mol. The van der Waals surface area contributed by atoms with Crippen LogP contribution in [-0.2, 0) is 9.59 Å². The number of carboxylic acids is 1. The zero-order valence-corrected chi connectivity index (χ0v) is 13.4. The molecule has 0 spiro atoms. The van der Waals surface area contributed by atoms with E-state index in [1.165, 1.54) is 6.42 Å². The summed E-state index contributed by atoms with van der Waals surface area (Å²) in [6.45, 7) is 6.06. The third kappa shape index (κ3) is 4.21. The number of carboxylic acid groups (broad SMARTS) is 1. The molecule has 1 aliphatic heterocycles. The Hall–Kier alpha value is -1.06. The van der Waals surface area contributed by atoms with E-state index in [0.717, 1.165) is 45.2 Å². The van der Waals surface area contributed by atoms with Gasteiger partial charge in [0.15, 0.2) is 0 Å². The van der Waals surface area contributed by atoms with Crippen LogP contribution in [0, 0.1) is 17.3 Å². The van der Waals surface area contributed by atoms with Gasteiger partial charge in [-0.2, -0.15) is 0 Å². The van der Waals surface area contributed by atoms with Crippen LogP contribution in [0.5, 0.6) is 0 Å². The van der Waals surface area contributed by atoms with Crippen molar-refractivity contribution in [1.29, 1.82) is 0 Å². The maximum atomic E-state index is 12.9. The van der Waals surface area contributed by atoms with E-state index in [1.807, 2.05) is 4.90 Å². The molecule has 1 heterocycles. The minimum atomic E-state index is -0.730. The second-order valence-electron chi connectivity index (χ2n) is 7.51. The van der Waals surface area contributed by atoms with Crippen molar-refractivity contribution in [3.05, 3.63) is 0 Å². The smallest absolute Gasteiger partial charge is 0.303 e. The van der Waals surface area contributed by atoms with Crippen LogP contribution in [0.2, 0.25) is 0 Å². The Labute approximate surface area is 127 Å². The molecule has 0 bridgehead atoms. The molecule has 2 unspecified atom stereocenters. The first-order valence-corrected chi connectivity index (χ1v) is 8.41. The zero-order chi connectivity index (χ0) is 15.5. The van der Waals surface area contributed by atoms with Crippen molar-refractivity contribution in [2.45, 2.75) is 65.2 Å². The first kappa shape index (κ1) is 16.3. The molecule has 2 fully saturated rings. The summed E-state index contributed by atoms with van der Waals surface area (Å²) in [5.74, 6) is 0.113. The molecule has 1 N–H and O–H groups in total. The van der Waals surface area contributed by atoms with Crippen molar-refractivity contribution in [2.24, 2.45) is 17.3 Å². The molecule has 1 saturated carbocycles. The third-order valence-electron chi connectivity index (χ3n) is 5.40. The monoisotopic (exact) mass is 295 g/mol. The van der Waals surface area contributed by atoms with Gasteiger partial charge >= 0.3 is 5.97 Å². The summed E-state index contributed by atoms with van der Waals surface area (Å²) in [5.41, 5.74) is 0.114. The van der Waals surface area contributed by atoms with Gasteiger partial charge in [0, 0.05) is 25.4 Å². The SMILES string of the molecule is CC1(C)CCCCC1C(=O)N1CCCC(CCC(=O)O)C1. The Morgan fingerprint density at radius 1 is 1.19 bits per heavy atom. The first-order valence-electron chi connectivity index (χ1n) is 8.41. The van der Waals surface area contributed by atoms with Crippen molar-refractivity contribution in [3.63, 3.8) is 0 Å². The fourth-order valence-corrected chi connectivity index (χ4v) is 4.00. The summed E-state index contributed by atoms with van der Waals surface area (Å²) in [4.78, 5) is 25.6. The van der Waals surface area contributed by atoms with Gasteiger partial charge in [0.05, 0.1) is 0 Å². The van der Waals surface area contributed by atoms with Crippen LogP contribution in [-0.4, -0.2) is 35.0 Å². The Balaban J connectivity index is 1.93. The maximum Gasteiger partial charge on any atom is 0.303 e. The van der Waals surface area contributed by atoms with Crippen molar-refractivity contribution in [3.8, 4) is 0 Å². The van der Waals surface area contributed by atoms with Crippen LogP contribution in [0.1, 0.15) is 65.2 Å². The van der Waals surface area contributed by atoms with E-state index >= 15 is 0 Å². The average molecular weight is 295 g/mol. The van der Waals surface area contributed by atoms with Crippen molar-refractivity contribution in [1.82, 2.24) is 4.90 Å². The van der Waals surface area contributed by atoms with Crippen molar-refractivity contribution in [2.75, 3.05) is 13.1 Å².